The average Bonchev–Trinajstić information content (AvgIpc) is 3.31. The standard InChI is InChI=1S/C16H26N2O2S/c1-4-16(17-3)14-6-5-7-15(10-14)21(19,20)18-11-12(2)13-8-9-13/h5-7,10,12-13,16-18H,4,8-9,11H2,1-3H3. The molecule has 1 aromatic rings. The van der Waals surface area contributed by atoms with Crippen LogP contribution in [0.15, 0.2) is 29.2 Å². The van der Waals surface area contributed by atoms with Gasteiger partial charge in [0.15, 0.2) is 0 Å². The second-order valence-electron chi connectivity index (χ2n) is 5.99. The van der Waals surface area contributed by atoms with Crippen LogP contribution in [0.4, 0.5) is 0 Å². The summed E-state index contributed by atoms with van der Waals surface area (Å²) in [4.78, 5) is 0.358. The molecule has 2 unspecified atom stereocenters. The Kier molecular flexibility index (Phi) is 5.41. The van der Waals surface area contributed by atoms with Gasteiger partial charge in [-0.1, -0.05) is 26.0 Å². The van der Waals surface area contributed by atoms with Crippen molar-refractivity contribution in [2.75, 3.05) is 13.6 Å². The van der Waals surface area contributed by atoms with Crippen molar-refractivity contribution >= 4 is 10.0 Å². The van der Waals surface area contributed by atoms with Gasteiger partial charge in [-0.15, -0.1) is 0 Å². The minimum Gasteiger partial charge on any atom is -0.313 e. The lowest BCUT2D eigenvalue weighted by Crippen LogP contribution is -2.29. The van der Waals surface area contributed by atoms with Crippen LogP contribution in [0.3, 0.4) is 0 Å². The molecule has 0 aromatic heterocycles. The number of hydrogen-bond donors (Lipinski definition) is 2. The van der Waals surface area contributed by atoms with Crippen molar-refractivity contribution in [3.63, 3.8) is 0 Å². The van der Waals surface area contributed by atoms with Crippen molar-refractivity contribution in [2.24, 2.45) is 11.8 Å². The minimum absolute atomic E-state index is 0.186. The monoisotopic (exact) mass is 310 g/mol. The van der Waals surface area contributed by atoms with Gasteiger partial charge in [0.1, 0.15) is 0 Å². The number of sulfonamides is 1. The largest absolute Gasteiger partial charge is 0.313 e. The van der Waals surface area contributed by atoms with Crippen LogP contribution in [0.1, 0.15) is 44.7 Å². The Bertz CT molecular complexity index is 563. The Morgan fingerprint density at radius 3 is 2.62 bits per heavy atom. The molecule has 4 nitrogen and oxygen atoms in total. The SMILES string of the molecule is CCC(NC)c1cccc(S(=O)(=O)NCC(C)C2CC2)c1. The third kappa shape index (κ3) is 4.28. The Balaban J connectivity index is 2.09. The minimum atomic E-state index is -3.41. The molecule has 21 heavy (non-hydrogen) atoms. The highest BCUT2D eigenvalue weighted by atomic mass is 32.2. The van der Waals surface area contributed by atoms with Crippen LogP contribution < -0.4 is 10.0 Å². The third-order valence-corrected chi connectivity index (χ3v) is 5.77. The van der Waals surface area contributed by atoms with Gasteiger partial charge in [-0.2, -0.15) is 0 Å². The summed E-state index contributed by atoms with van der Waals surface area (Å²) in [6, 6.07) is 7.40. The maximum atomic E-state index is 12.4. The summed E-state index contributed by atoms with van der Waals surface area (Å²) in [7, 11) is -1.52. The fourth-order valence-electron chi connectivity index (χ4n) is 2.66. The molecule has 2 rings (SSSR count). The van der Waals surface area contributed by atoms with E-state index in [1.807, 2.05) is 19.2 Å². The predicted molar refractivity (Wildman–Crippen MR) is 85.6 cm³/mol. The average molecular weight is 310 g/mol. The van der Waals surface area contributed by atoms with Gasteiger partial charge in [0.2, 0.25) is 10.0 Å². The number of rotatable bonds is 8. The van der Waals surface area contributed by atoms with Crippen molar-refractivity contribution in [1.29, 1.82) is 0 Å². The van der Waals surface area contributed by atoms with Gasteiger partial charge in [-0.3, -0.25) is 0 Å². The number of benzene rings is 1. The zero-order valence-corrected chi connectivity index (χ0v) is 13.9. The van der Waals surface area contributed by atoms with Crippen LogP contribution in [0.2, 0.25) is 0 Å². The van der Waals surface area contributed by atoms with E-state index in [0.29, 0.717) is 23.3 Å². The molecule has 0 heterocycles. The maximum absolute atomic E-state index is 12.4. The molecule has 0 bridgehead atoms. The van der Waals surface area contributed by atoms with Crippen LogP contribution >= 0.6 is 0 Å². The molecular weight excluding hydrogens is 284 g/mol. The Morgan fingerprint density at radius 1 is 1.33 bits per heavy atom. The Hall–Kier alpha value is -0.910. The fraction of sp³-hybridized carbons (Fsp3) is 0.625. The molecule has 1 aliphatic rings. The molecule has 1 saturated carbocycles. The molecule has 2 atom stereocenters. The smallest absolute Gasteiger partial charge is 0.240 e. The molecule has 0 amide bonds. The molecule has 1 aromatic carbocycles. The molecule has 1 aliphatic carbocycles. The van der Waals surface area contributed by atoms with Gasteiger partial charge in [-0.05, 0) is 55.8 Å². The highest BCUT2D eigenvalue weighted by Gasteiger charge is 2.28. The van der Waals surface area contributed by atoms with E-state index in [4.69, 9.17) is 0 Å². The summed E-state index contributed by atoms with van der Waals surface area (Å²) in [5.41, 5.74) is 1.01. The van der Waals surface area contributed by atoms with Gasteiger partial charge in [0.05, 0.1) is 4.90 Å². The van der Waals surface area contributed by atoms with E-state index in [2.05, 4.69) is 23.9 Å². The van der Waals surface area contributed by atoms with Crippen molar-refractivity contribution in [3.8, 4) is 0 Å². The van der Waals surface area contributed by atoms with Crippen LogP contribution in [0.25, 0.3) is 0 Å². The highest BCUT2D eigenvalue weighted by molar-refractivity contribution is 7.89. The van der Waals surface area contributed by atoms with Gasteiger partial charge >= 0.3 is 0 Å². The summed E-state index contributed by atoms with van der Waals surface area (Å²) >= 11 is 0. The van der Waals surface area contributed by atoms with Crippen LogP contribution in [-0.2, 0) is 10.0 Å². The molecule has 0 saturated heterocycles. The second-order valence-corrected chi connectivity index (χ2v) is 7.76. The topological polar surface area (TPSA) is 58.2 Å². The van der Waals surface area contributed by atoms with E-state index in [1.54, 1.807) is 12.1 Å². The zero-order valence-electron chi connectivity index (χ0n) is 13.1. The zero-order chi connectivity index (χ0) is 15.5. The summed E-state index contributed by atoms with van der Waals surface area (Å²) < 4.78 is 27.5. The van der Waals surface area contributed by atoms with Crippen molar-refractivity contribution in [2.45, 2.75) is 44.0 Å². The number of hydrogen-bond acceptors (Lipinski definition) is 3. The summed E-state index contributed by atoms with van der Waals surface area (Å²) in [5.74, 6) is 1.12. The summed E-state index contributed by atoms with van der Waals surface area (Å²) in [6.07, 6.45) is 3.39. The van der Waals surface area contributed by atoms with E-state index in [1.165, 1.54) is 12.8 Å². The highest BCUT2D eigenvalue weighted by Crippen LogP contribution is 2.36. The molecular formula is C16H26N2O2S. The quantitative estimate of drug-likeness (QED) is 0.776. The van der Waals surface area contributed by atoms with E-state index < -0.39 is 10.0 Å². The lowest BCUT2D eigenvalue weighted by Gasteiger charge is -2.16. The molecule has 0 aliphatic heterocycles. The maximum Gasteiger partial charge on any atom is 0.240 e. The van der Waals surface area contributed by atoms with E-state index in [0.717, 1.165) is 12.0 Å². The van der Waals surface area contributed by atoms with Gasteiger partial charge in [0, 0.05) is 12.6 Å². The molecule has 118 valence electrons. The first-order valence-electron chi connectivity index (χ1n) is 7.74. The normalized spacial score (nSPS) is 18.4. The van der Waals surface area contributed by atoms with E-state index in [-0.39, 0.29) is 6.04 Å². The van der Waals surface area contributed by atoms with Gasteiger partial charge < -0.3 is 5.32 Å². The number of nitrogens with one attached hydrogen (secondary N) is 2. The van der Waals surface area contributed by atoms with Crippen molar-refractivity contribution in [3.05, 3.63) is 29.8 Å². The van der Waals surface area contributed by atoms with Crippen LogP contribution in [0.5, 0.6) is 0 Å². The first kappa shape index (κ1) is 16.5. The first-order chi connectivity index (χ1) is 9.97. The lowest BCUT2D eigenvalue weighted by molar-refractivity contribution is 0.491. The van der Waals surface area contributed by atoms with E-state index >= 15 is 0 Å². The third-order valence-electron chi connectivity index (χ3n) is 4.35. The molecule has 0 spiro atoms. The Labute approximate surface area is 128 Å². The van der Waals surface area contributed by atoms with Gasteiger partial charge in [-0.25, -0.2) is 13.1 Å². The van der Waals surface area contributed by atoms with Crippen LogP contribution in [0, 0.1) is 11.8 Å². The van der Waals surface area contributed by atoms with Crippen molar-refractivity contribution < 1.29 is 8.42 Å². The summed E-state index contributed by atoms with van der Waals surface area (Å²) in [6.45, 7) is 4.73. The predicted octanol–water partition coefficient (Wildman–Crippen LogP) is 2.68. The van der Waals surface area contributed by atoms with Crippen LogP contribution in [-0.4, -0.2) is 22.0 Å². The second kappa shape index (κ2) is 6.90. The summed E-state index contributed by atoms with van der Waals surface area (Å²) in [5, 5.41) is 3.20. The van der Waals surface area contributed by atoms with E-state index in [9.17, 15) is 8.42 Å². The van der Waals surface area contributed by atoms with Gasteiger partial charge in [0.25, 0.3) is 0 Å². The fourth-order valence-corrected chi connectivity index (χ4v) is 3.86. The molecule has 5 heteroatoms. The Morgan fingerprint density at radius 2 is 2.05 bits per heavy atom. The molecule has 1 fully saturated rings. The van der Waals surface area contributed by atoms with Crippen molar-refractivity contribution in [1.82, 2.24) is 10.0 Å². The molecule has 2 N–H and O–H groups in total. The lowest BCUT2D eigenvalue weighted by atomic mass is 10.1. The molecule has 0 radical (unpaired) electrons. The first-order valence-corrected chi connectivity index (χ1v) is 9.23.